The van der Waals surface area contributed by atoms with Crippen molar-refractivity contribution >= 4 is 17.6 Å². The van der Waals surface area contributed by atoms with Crippen LogP contribution in [0.4, 0.5) is 5.69 Å². The molecule has 0 unspecified atom stereocenters. The monoisotopic (exact) mass is 417 g/mol. The summed E-state index contributed by atoms with van der Waals surface area (Å²) in [7, 11) is 1.73. The number of aryl methyl sites for hydroxylation is 1. The topological polar surface area (TPSA) is 95.6 Å². The van der Waals surface area contributed by atoms with Gasteiger partial charge in [0.1, 0.15) is 18.1 Å². The number of hydrogen-bond donors (Lipinski definition) is 1. The quantitative estimate of drug-likeness (QED) is 0.360. The minimum absolute atomic E-state index is 0.0740. The van der Waals surface area contributed by atoms with Crippen molar-refractivity contribution in [2.45, 2.75) is 6.61 Å². The highest BCUT2D eigenvalue weighted by molar-refractivity contribution is 6.04. The molecule has 1 amide bonds. The van der Waals surface area contributed by atoms with Gasteiger partial charge < -0.3 is 19.2 Å². The van der Waals surface area contributed by atoms with Gasteiger partial charge in [-0.3, -0.25) is 9.48 Å². The Morgan fingerprint density at radius 2 is 1.81 bits per heavy atom. The number of anilines is 1. The van der Waals surface area contributed by atoms with Crippen molar-refractivity contribution in [3.05, 3.63) is 96.2 Å². The van der Waals surface area contributed by atoms with Gasteiger partial charge in [0.25, 0.3) is 5.91 Å². The Hall–Kier alpha value is -4.33. The largest absolute Gasteiger partial charge is 0.489 e. The molecular formula is C23H19N3O5. The lowest BCUT2D eigenvalue weighted by atomic mass is 10.2. The molecule has 0 aliphatic carbocycles. The summed E-state index contributed by atoms with van der Waals surface area (Å²) >= 11 is 0. The molecule has 4 rings (SSSR count). The number of furan rings is 1. The average molecular weight is 417 g/mol. The number of nitrogens with zero attached hydrogens (tertiary/aromatic N) is 2. The summed E-state index contributed by atoms with van der Waals surface area (Å²) in [4.78, 5) is 24.7. The van der Waals surface area contributed by atoms with E-state index in [0.717, 1.165) is 0 Å². The lowest BCUT2D eigenvalue weighted by Crippen LogP contribution is -2.12. The van der Waals surface area contributed by atoms with E-state index in [0.29, 0.717) is 28.3 Å². The van der Waals surface area contributed by atoms with Crippen molar-refractivity contribution in [1.29, 1.82) is 0 Å². The van der Waals surface area contributed by atoms with E-state index in [1.165, 1.54) is 12.5 Å². The molecule has 31 heavy (non-hydrogen) atoms. The maximum absolute atomic E-state index is 12.5. The third-order valence-corrected chi connectivity index (χ3v) is 4.36. The molecule has 0 aliphatic heterocycles. The molecule has 0 saturated carbocycles. The minimum atomic E-state index is -0.635. The first-order chi connectivity index (χ1) is 15.1. The number of aromatic nitrogens is 2. The van der Waals surface area contributed by atoms with Crippen LogP contribution in [0.1, 0.15) is 26.5 Å². The second kappa shape index (κ2) is 9.00. The lowest BCUT2D eigenvalue weighted by Gasteiger charge is -2.08. The number of rotatable bonds is 7. The Balaban J connectivity index is 1.36. The van der Waals surface area contributed by atoms with Crippen LogP contribution in [-0.2, 0) is 13.7 Å². The molecule has 0 saturated heterocycles. The highest BCUT2D eigenvalue weighted by atomic mass is 16.5. The van der Waals surface area contributed by atoms with Crippen LogP contribution in [0.5, 0.6) is 11.5 Å². The van der Waals surface area contributed by atoms with Gasteiger partial charge in [-0.25, -0.2) is 4.79 Å². The van der Waals surface area contributed by atoms with Gasteiger partial charge in [-0.1, -0.05) is 18.2 Å². The number of nitrogens with one attached hydrogen (secondary N) is 1. The number of hydrogen-bond acceptors (Lipinski definition) is 6. The first-order valence-corrected chi connectivity index (χ1v) is 9.45. The van der Waals surface area contributed by atoms with Crippen molar-refractivity contribution in [1.82, 2.24) is 9.78 Å². The van der Waals surface area contributed by atoms with Crippen LogP contribution in [0.15, 0.2) is 83.7 Å². The number of esters is 1. The van der Waals surface area contributed by atoms with Crippen molar-refractivity contribution in [3.63, 3.8) is 0 Å². The van der Waals surface area contributed by atoms with Crippen LogP contribution >= 0.6 is 0 Å². The fourth-order valence-electron chi connectivity index (χ4n) is 2.81. The second-order valence-electron chi connectivity index (χ2n) is 6.65. The number of para-hydroxylation sites is 1. The normalized spacial score (nSPS) is 10.5. The minimum Gasteiger partial charge on any atom is -0.489 e. The van der Waals surface area contributed by atoms with E-state index >= 15 is 0 Å². The van der Waals surface area contributed by atoms with Crippen molar-refractivity contribution < 1.29 is 23.5 Å². The molecule has 0 bridgehead atoms. The molecule has 2 heterocycles. The predicted molar refractivity (Wildman–Crippen MR) is 112 cm³/mol. The summed E-state index contributed by atoms with van der Waals surface area (Å²) in [6, 6.07) is 17.4. The van der Waals surface area contributed by atoms with Gasteiger partial charge in [0.2, 0.25) is 5.76 Å². The van der Waals surface area contributed by atoms with E-state index in [-0.39, 0.29) is 18.3 Å². The van der Waals surface area contributed by atoms with Gasteiger partial charge in [0.05, 0.1) is 18.0 Å². The molecular weight excluding hydrogens is 398 g/mol. The SMILES string of the molecule is Cn1cc(C(=O)Nc2ccc(OC(=O)c3occc3COc3ccccc3)cc2)cn1. The molecule has 0 spiro atoms. The zero-order valence-electron chi connectivity index (χ0n) is 16.6. The van der Waals surface area contributed by atoms with Crippen LogP contribution in [-0.4, -0.2) is 21.7 Å². The standard InChI is InChI=1S/C23H19N3O5/c1-26-14-17(13-24-26)22(27)25-18-7-9-20(10-8-18)31-23(28)21-16(11-12-29-21)15-30-19-5-3-2-4-6-19/h2-14H,15H2,1H3,(H,25,27). The molecule has 0 aliphatic rings. The van der Waals surface area contributed by atoms with Crippen LogP contribution in [0, 0.1) is 0 Å². The molecule has 0 atom stereocenters. The van der Waals surface area contributed by atoms with Gasteiger partial charge in [-0.05, 0) is 42.5 Å². The maximum Gasteiger partial charge on any atom is 0.380 e. The molecule has 2 aromatic heterocycles. The number of amides is 1. The van der Waals surface area contributed by atoms with E-state index in [4.69, 9.17) is 13.9 Å². The van der Waals surface area contributed by atoms with Gasteiger partial charge in [0.15, 0.2) is 0 Å². The Morgan fingerprint density at radius 1 is 1.03 bits per heavy atom. The van der Waals surface area contributed by atoms with E-state index in [1.54, 1.807) is 48.3 Å². The summed E-state index contributed by atoms with van der Waals surface area (Å²) < 4.78 is 17.9. The average Bonchev–Trinajstić information content (AvgIpc) is 3.43. The number of carbonyl (C=O) groups excluding carboxylic acids is 2. The molecule has 1 N–H and O–H groups in total. The highest BCUT2D eigenvalue weighted by Crippen LogP contribution is 2.20. The molecule has 4 aromatic rings. The van der Waals surface area contributed by atoms with E-state index in [9.17, 15) is 9.59 Å². The van der Waals surface area contributed by atoms with E-state index in [2.05, 4.69) is 10.4 Å². The summed E-state index contributed by atoms with van der Waals surface area (Å²) in [5.41, 5.74) is 1.58. The first kappa shape index (κ1) is 20.0. The Kier molecular flexibility index (Phi) is 5.79. The molecule has 8 heteroatoms. The van der Waals surface area contributed by atoms with Crippen LogP contribution in [0.25, 0.3) is 0 Å². The highest BCUT2D eigenvalue weighted by Gasteiger charge is 2.18. The Bertz CT molecular complexity index is 1180. The Labute approximate surface area is 178 Å². The summed E-state index contributed by atoms with van der Waals surface area (Å²) in [6.45, 7) is 0.171. The second-order valence-corrected chi connectivity index (χ2v) is 6.65. The van der Waals surface area contributed by atoms with Crippen LogP contribution < -0.4 is 14.8 Å². The summed E-state index contributed by atoms with van der Waals surface area (Å²) in [5.74, 6) is 0.160. The van der Waals surface area contributed by atoms with E-state index < -0.39 is 5.97 Å². The molecule has 0 fully saturated rings. The zero-order chi connectivity index (χ0) is 21.6. The summed E-state index contributed by atoms with van der Waals surface area (Å²) in [5, 5.41) is 6.72. The third-order valence-electron chi connectivity index (χ3n) is 4.36. The van der Waals surface area contributed by atoms with Crippen LogP contribution in [0.3, 0.4) is 0 Å². The number of benzene rings is 2. The molecule has 2 aromatic carbocycles. The smallest absolute Gasteiger partial charge is 0.380 e. The fourth-order valence-corrected chi connectivity index (χ4v) is 2.81. The predicted octanol–water partition coefficient (Wildman–Crippen LogP) is 4.06. The van der Waals surface area contributed by atoms with Gasteiger partial charge in [-0.15, -0.1) is 0 Å². The number of ether oxygens (including phenoxy) is 2. The van der Waals surface area contributed by atoms with Gasteiger partial charge in [-0.2, -0.15) is 5.10 Å². The van der Waals surface area contributed by atoms with Gasteiger partial charge >= 0.3 is 5.97 Å². The molecule has 8 nitrogen and oxygen atoms in total. The maximum atomic E-state index is 12.5. The van der Waals surface area contributed by atoms with E-state index in [1.807, 2.05) is 30.3 Å². The van der Waals surface area contributed by atoms with Crippen molar-refractivity contribution in [2.24, 2.45) is 7.05 Å². The molecule has 0 radical (unpaired) electrons. The fraction of sp³-hybridized carbons (Fsp3) is 0.0870. The Morgan fingerprint density at radius 3 is 2.52 bits per heavy atom. The van der Waals surface area contributed by atoms with Crippen LogP contribution in [0.2, 0.25) is 0 Å². The lowest BCUT2D eigenvalue weighted by molar-refractivity contribution is 0.0697. The molecule has 156 valence electrons. The third kappa shape index (κ3) is 4.99. The van der Waals surface area contributed by atoms with Crippen molar-refractivity contribution in [3.8, 4) is 11.5 Å². The van der Waals surface area contributed by atoms with Crippen molar-refractivity contribution in [2.75, 3.05) is 5.32 Å². The summed E-state index contributed by atoms with van der Waals surface area (Å²) in [6.07, 6.45) is 4.51. The first-order valence-electron chi connectivity index (χ1n) is 9.45. The van der Waals surface area contributed by atoms with Gasteiger partial charge in [0, 0.05) is 24.5 Å². The zero-order valence-corrected chi connectivity index (χ0v) is 16.6. The number of carbonyl (C=O) groups is 2.